The first kappa shape index (κ1) is 23.6. The Balaban J connectivity index is 1.69. The quantitative estimate of drug-likeness (QED) is 0.516. The fourth-order valence-corrected chi connectivity index (χ4v) is 5.37. The summed E-state index contributed by atoms with van der Waals surface area (Å²) in [5, 5.41) is 13.2. The Hall–Kier alpha value is -2.58. The number of carbonyl (C=O) groups excluding carboxylic acids is 1. The topological polar surface area (TPSA) is 55.8 Å². The van der Waals surface area contributed by atoms with Gasteiger partial charge in [0.25, 0.3) is 5.91 Å². The van der Waals surface area contributed by atoms with E-state index >= 15 is 0 Å². The molecule has 4 rings (SSSR count). The first-order chi connectivity index (χ1) is 16.1. The molecule has 0 spiro atoms. The standard InChI is InChI=1S/C26H30FN3O2S/c1-2-22-18-23(26(33-22)28-25(32)19-7-4-3-5-8-19)24(20-9-6-10-21(27)17-20)30-13-11-29(12-14-30)15-16-31/h3-10,17-18,24,31H,2,11-16H2,1H3,(H,28,32). The molecule has 1 aliphatic rings. The van der Waals surface area contributed by atoms with Gasteiger partial charge in [0.15, 0.2) is 0 Å². The van der Waals surface area contributed by atoms with Gasteiger partial charge in [0, 0.05) is 48.7 Å². The molecule has 1 fully saturated rings. The number of halogens is 1. The monoisotopic (exact) mass is 467 g/mol. The van der Waals surface area contributed by atoms with Crippen molar-refractivity contribution in [2.24, 2.45) is 0 Å². The molecule has 1 amide bonds. The predicted octanol–water partition coefficient (Wildman–Crippen LogP) is 4.40. The Labute approximate surface area is 198 Å². The number of anilines is 1. The molecule has 5 nitrogen and oxygen atoms in total. The Kier molecular flexibility index (Phi) is 7.88. The van der Waals surface area contributed by atoms with Crippen LogP contribution in [0.5, 0.6) is 0 Å². The Morgan fingerprint density at radius 2 is 1.85 bits per heavy atom. The van der Waals surface area contributed by atoms with Crippen molar-refractivity contribution < 1.29 is 14.3 Å². The number of nitrogens with one attached hydrogen (secondary N) is 1. The van der Waals surface area contributed by atoms with Gasteiger partial charge >= 0.3 is 0 Å². The van der Waals surface area contributed by atoms with Crippen LogP contribution in [-0.2, 0) is 6.42 Å². The second kappa shape index (κ2) is 11.0. The van der Waals surface area contributed by atoms with E-state index in [2.05, 4.69) is 28.1 Å². The zero-order valence-electron chi connectivity index (χ0n) is 18.8. The molecule has 1 unspecified atom stereocenters. The molecule has 2 aromatic carbocycles. The zero-order valence-corrected chi connectivity index (χ0v) is 19.7. The number of carbonyl (C=O) groups is 1. The number of amides is 1. The molecule has 2 N–H and O–H groups in total. The average Bonchev–Trinajstić information content (AvgIpc) is 3.23. The number of hydrogen-bond acceptors (Lipinski definition) is 5. The number of rotatable bonds is 8. The molecule has 1 saturated heterocycles. The van der Waals surface area contributed by atoms with Crippen molar-refractivity contribution in [3.8, 4) is 0 Å². The molecule has 1 atom stereocenters. The van der Waals surface area contributed by atoms with Crippen LogP contribution in [0.4, 0.5) is 9.39 Å². The number of hydrogen-bond donors (Lipinski definition) is 2. The van der Waals surface area contributed by atoms with Gasteiger partial charge in [-0.2, -0.15) is 0 Å². The van der Waals surface area contributed by atoms with Crippen LogP contribution in [0.2, 0.25) is 0 Å². The number of β-amino-alcohol motifs (C(OH)–C–C–N with tert-alkyl or cyclic N) is 1. The van der Waals surface area contributed by atoms with E-state index in [0.29, 0.717) is 12.1 Å². The van der Waals surface area contributed by atoms with Crippen molar-refractivity contribution in [1.29, 1.82) is 0 Å². The van der Waals surface area contributed by atoms with Gasteiger partial charge in [-0.25, -0.2) is 4.39 Å². The molecule has 0 bridgehead atoms. The molecular weight excluding hydrogens is 437 g/mol. The number of benzene rings is 2. The van der Waals surface area contributed by atoms with Crippen LogP contribution in [0.1, 0.15) is 39.3 Å². The number of aliphatic hydroxyl groups excluding tert-OH is 1. The summed E-state index contributed by atoms with van der Waals surface area (Å²) in [4.78, 5) is 18.7. The van der Waals surface area contributed by atoms with Crippen LogP contribution in [0, 0.1) is 5.82 Å². The zero-order chi connectivity index (χ0) is 23.2. The van der Waals surface area contributed by atoms with Crippen LogP contribution >= 0.6 is 11.3 Å². The van der Waals surface area contributed by atoms with E-state index < -0.39 is 0 Å². The van der Waals surface area contributed by atoms with Crippen molar-refractivity contribution in [2.45, 2.75) is 19.4 Å². The second-order valence-electron chi connectivity index (χ2n) is 8.23. The van der Waals surface area contributed by atoms with E-state index in [1.165, 1.54) is 10.9 Å². The molecule has 174 valence electrons. The molecule has 0 aliphatic carbocycles. The molecule has 0 radical (unpaired) electrons. The van der Waals surface area contributed by atoms with Crippen LogP contribution in [0.25, 0.3) is 0 Å². The van der Waals surface area contributed by atoms with Crippen molar-refractivity contribution in [3.05, 3.63) is 88.0 Å². The Morgan fingerprint density at radius 3 is 2.52 bits per heavy atom. The van der Waals surface area contributed by atoms with Gasteiger partial charge in [0.05, 0.1) is 12.6 Å². The summed E-state index contributed by atoms with van der Waals surface area (Å²) in [5.41, 5.74) is 2.48. The van der Waals surface area contributed by atoms with Gasteiger partial charge in [-0.15, -0.1) is 11.3 Å². The van der Waals surface area contributed by atoms with Crippen molar-refractivity contribution >= 4 is 22.2 Å². The number of aliphatic hydroxyl groups is 1. The fourth-order valence-electron chi connectivity index (χ4n) is 4.35. The van der Waals surface area contributed by atoms with Crippen LogP contribution in [0.15, 0.2) is 60.7 Å². The molecule has 7 heteroatoms. The summed E-state index contributed by atoms with van der Waals surface area (Å²) in [7, 11) is 0. The van der Waals surface area contributed by atoms with Crippen molar-refractivity contribution in [1.82, 2.24) is 9.80 Å². The van der Waals surface area contributed by atoms with Gasteiger partial charge in [0.2, 0.25) is 0 Å². The van der Waals surface area contributed by atoms with E-state index in [-0.39, 0.29) is 24.4 Å². The van der Waals surface area contributed by atoms with Crippen molar-refractivity contribution in [3.63, 3.8) is 0 Å². The number of thiophene rings is 1. The minimum Gasteiger partial charge on any atom is -0.395 e. The van der Waals surface area contributed by atoms with Crippen LogP contribution in [0.3, 0.4) is 0 Å². The normalized spacial score (nSPS) is 16.0. The summed E-state index contributed by atoms with van der Waals surface area (Å²) < 4.78 is 14.3. The third-order valence-corrected chi connectivity index (χ3v) is 7.28. The van der Waals surface area contributed by atoms with Crippen LogP contribution < -0.4 is 5.32 Å². The second-order valence-corrected chi connectivity index (χ2v) is 9.37. The predicted molar refractivity (Wildman–Crippen MR) is 131 cm³/mol. The van der Waals surface area contributed by atoms with Gasteiger partial charge < -0.3 is 10.4 Å². The molecule has 0 saturated carbocycles. The minimum atomic E-state index is -0.266. The van der Waals surface area contributed by atoms with E-state index in [4.69, 9.17) is 0 Å². The first-order valence-electron chi connectivity index (χ1n) is 11.4. The van der Waals surface area contributed by atoms with E-state index in [0.717, 1.165) is 48.7 Å². The molecule has 2 heterocycles. The third kappa shape index (κ3) is 5.68. The Bertz CT molecular complexity index is 1060. The van der Waals surface area contributed by atoms with E-state index in [9.17, 15) is 14.3 Å². The summed E-state index contributed by atoms with van der Waals surface area (Å²) in [6, 6.07) is 17.9. The molecule has 1 aliphatic heterocycles. The summed E-state index contributed by atoms with van der Waals surface area (Å²) in [6.45, 7) is 6.17. The van der Waals surface area contributed by atoms with Gasteiger partial charge in [-0.05, 0) is 42.3 Å². The van der Waals surface area contributed by atoms with Gasteiger partial charge in [-0.3, -0.25) is 14.6 Å². The maximum atomic E-state index is 14.3. The largest absolute Gasteiger partial charge is 0.395 e. The maximum Gasteiger partial charge on any atom is 0.256 e. The maximum absolute atomic E-state index is 14.3. The lowest BCUT2D eigenvalue weighted by Gasteiger charge is -2.39. The molecule has 3 aromatic rings. The lowest BCUT2D eigenvalue weighted by molar-refractivity contribution is 0.0945. The minimum absolute atomic E-state index is 0.146. The lowest BCUT2D eigenvalue weighted by atomic mass is 9.97. The van der Waals surface area contributed by atoms with Gasteiger partial charge in [-0.1, -0.05) is 37.3 Å². The highest BCUT2D eigenvalue weighted by Gasteiger charge is 2.30. The highest BCUT2D eigenvalue weighted by atomic mass is 32.1. The molecular formula is C26H30FN3O2S. The van der Waals surface area contributed by atoms with E-state index in [1.54, 1.807) is 35.6 Å². The fraction of sp³-hybridized carbons (Fsp3) is 0.346. The number of nitrogens with zero attached hydrogens (tertiary/aromatic N) is 2. The molecule has 33 heavy (non-hydrogen) atoms. The number of piperazine rings is 1. The molecule has 1 aromatic heterocycles. The smallest absolute Gasteiger partial charge is 0.256 e. The summed E-state index contributed by atoms with van der Waals surface area (Å²) in [5.74, 6) is -0.413. The first-order valence-corrected chi connectivity index (χ1v) is 12.2. The summed E-state index contributed by atoms with van der Waals surface area (Å²) in [6.07, 6.45) is 0.860. The van der Waals surface area contributed by atoms with E-state index in [1.807, 2.05) is 24.3 Å². The lowest BCUT2D eigenvalue weighted by Crippen LogP contribution is -2.48. The highest BCUT2D eigenvalue weighted by molar-refractivity contribution is 7.16. The van der Waals surface area contributed by atoms with Crippen LogP contribution in [-0.4, -0.2) is 60.1 Å². The Morgan fingerprint density at radius 1 is 1.09 bits per heavy atom. The average molecular weight is 468 g/mol. The SMILES string of the molecule is CCc1cc(C(c2cccc(F)c2)N2CCN(CCO)CC2)c(NC(=O)c2ccccc2)s1. The number of aryl methyl sites for hydroxylation is 1. The highest BCUT2D eigenvalue weighted by Crippen LogP contribution is 2.40. The third-order valence-electron chi connectivity index (χ3n) is 6.07. The summed E-state index contributed by atoms with van der Waals surface area (Å²) >= 11 is 1.59. The van der Waals surface area contributed by atoms with Crippen molar-refractivity contribution in [2.75, 3.05) is 44.6 Å². The van der Waals surface area contributed by atoms with Gasteiger partial charge in [0.1, 0.15) is 10.8 Å².